The number of hydrogen-bond acceptors (Lipinski definition) is 4. The van der Waals surface area contributed by atoms with E-state index in [0.29, 0.717) is 23.3 Å². The third kappa shape index (κ3) is 4.81. The molecule has 0 unspecified atom stereocenters. The first kappa shape index (κ1) is 17.9. The zero-order valence-electron chi connectivity index (χ0n) is 15.0. The van der Waals surface area contributed by atoms with Crippen LogP contribution in [0.4, 0.5) is 5.69 Å². The van der Waals surface area contributed by atoms with Crippen molar-refractivity contribution >= 4 is 11.6 Å². The number of carbonyl (C=O) groups excluding carboxylic acids is 1. The Kier molecular flexibility index (Phi) is 6.06. The van der Waals surface area contributed by atoms with Crippen LogP contribution in [0.15, 0.2) is 24.3 Å². The van der Waals surface area contributed by atoms with E-state index in [0.717, 1.165) is 25.9 Å². The first-order valence-electron chi connectivity index (χ1n) is 9.47. The molecule has 1 saturated heterocycles. The number of rotatable bonds is 5. The summed E-state index contributed by atoms with van der Waals surface area (Å²) in [7, 11) is 0. The van der Waals surface area contributed by atoms with Crippen LogP contribution >= 0.6 is 0 Å². The first-order chi connectivity index (χ1) is 12.2. The van der Waals surface area contributed by atoms with Crippen molar-refractivity contribution in [2.75, 3.05) is 18.4 Å². The van der Waals surface area contributed by atoms with Crippen LogP contribution in [0.1, 0.15) is 51.0 Å². The van der Waals surface area contributed by atoms with Crippen molar-refractivity contribution in [1.82, 2.24) is 10.2 Å². The molecule has 3 rings (SSSR count). The zero-order chi connectivity index (χ0) is 17.6. The highest BCUT2D eigenvalue weighted by Crippen LogP contribution is 2.21. The molecule has 0 radical (unpaired) electrons. The third-order valence-corrected chi connectivity index (χ3v) is 5.54. The highest BCUT2D eigenvalue weighted by Gasteiger charge is 2.28. The lowest BCUT2D eigenvalue weighted by Gasteiger charge is -2.36. The van der Waals surface area contributed by atoms with Gasteiger partial charge in [-0.3, -0.25) is 9.69 Å². The van der Waals surface area contributed by atoms with Crippen molar-refractivity contribution in [3.8, 4) is 6.07 Å². The molecule has 1 saturated carbocycles. The summed E-state index contributed by atoms with van der Waals surface area (Å²) in [5.74, 6) is -0.00251. The van der Waals surface area contributed by atoms with E-state index in [9.17, 15) is 4.79 Å². The molecule has 1 atom stereocenters. The van der Waals surface area contributed by atoms with Gasteiger partial charge in [-0.05, 0) is 50.8 Å². The van der Waals surface area contributed by atoms with Crippen LogP contribution in [-0.2, 0) is 4.79 Å². The average Bonchev–Trinajstić information content (AvgIpc) is 3.15. The molecular weight excluding hydrogens is 312 g/mol. The monoisotopic (exact) mass is 340 g/mol. The number of hydrogen-bond donors (Lipinski definition) is 2. The van der Waals surface area contributed by atoms with Gasteiger partial charge < -0.3 is 10.6 Å². The summed E-state index contributed by atoms with van der Waals surface area (Å²) in [5, 5.41) is 15.7. The molecule has 1 heterocycles. The molecule has 5 heteroatoms. The Labute approximate surface area is 150 Å². The van der Waals surface area contributed by atoms with Gasteiger partial charge in [0.15, 0.2) is 0 Å². The molecule has 1 aliphatic carbocycles. The van der Waals surface area contributed by atoms with Gasteiger partial charge in [-0.15, -0.1) is 0 Å². The van der Waals surface area contributed by atoms with E-state index in [1.807, 2.05) is 13.0 Å². The van der Waals surface area contributed by atoms with E-state index >= 15 is 0 Å². The van der Waals surface area contributed by atoms with Crippen LogP contribution < -0.4 is 10.6 Å². The van der Waals surface area contributed by atoms with Gasteiger partial charge in [0.1, 0.15) is 0 Å². The molecular formula is C20H28N4O. The number of nitriles is 1. The van der Waals surface area contributed by atoms with E-state index in [1.54, 1.807) is 18.2 Å². The largest absolute Gasteiger partial charge is 0.325 e. The van der Waals surface area contributed by atoms with Crippen molar-refractivity contribution in [3.63, 3.8) is 0 Å². The van der Waals surface area contributed by atoms with E-state index in [2.05, 4.69) is 21.6 Å². The maximum Gasteiger partial charge on any atom is 0.241 e. The number of carbonyl (C=O) groups is 1. The van der Waals surface area contributed by atoms with Gasteiger partial charge in [-0.1, -0.05) is 18.9 Å². The van der Waals surface area contributed by atoms with E-state index in [4.69, 9.17) is 5.26 Å². The second-order valence-electron chi connectivity index (χ2n) is 7.32. The quantitative estimate of drug-likeness (QED) is 0.865. The van der Waals surface area contributed by atoms with Gasteiger partial charge in [0.05, 0.1) is 17.7 Å². The van der Waals surface area contributed by atoms with E-state index < -0.39 is 0 Å². The lowest BCUT2D eigenvalue weighted by molar-refractivity contribution is -0.121. The van der Waals surface area contributed by atoms with Crippen molar-refractivity contribution in [2.45, 2.75) is 63.6 Å². The minimum absolute atomic E-state index is 0.00251. The molecule has 1 aromatic carbocycles. The summed E-state index contributed by atoms with van der Waals surface area (Å²) in [6.45, 7) is 3.88. The maximum atomic E-state index is 12.5. The normalized spacial score (nSPS) is 21.0. The fourth-order valence-electron chi connectivity index (χ4n) is 3.96. The molecule has 1 aliphatic heterocycles. The van der Waals surface area contributed by atoms with Crippen LogP contribution in [0.25, 0.3) is 0 Å². The minimum Gasteiger partial charge on any atom is -0.325 e. The Hall–Kier alpha value is -1.90. The second-order valence-corrected chi connectivity index (χ2v) is 7.32. The standard InChI is InChI=1S/C20H28N4O/c1-15(20(25)23-19-8-4-5-16(13-19)14-21)24-11-9-18(10-12-24)22-17-6-2-3-7-17/h4-5,8,13,15,17-18,22H,2-3,6-7,9-12H2,1H3,(H,23,25)/t15-/m0/s1. The number of nitrogens with zero attached hydrogens (tertiary/aromatic N) is 2. The lowest BCUT2D eigenvalue weighted by Crippen LogP contribution is -2.50. The molecule has 2 fully saturated rings. The van der Waals surface area contributed by atoms with Crippen molar-refractivity contribution in [2.24, 2.45) is 0 Å². The molecule has 0 bridgehead atoms. The summed E-state index contributed by atoms with van der Waals surface area (Å²) >= 11 is 0. The summed E-state index contributed by atoms with van der Waals surface area (Å²) in [6.07, 6.45) is 7.58. The Morgan fingerprint density at radius 1 is 1.20 bits per heavy atom. The van der Waals surface area contributed by atoms with Gasteiger partial charge in [-0.2, -0.15) is 5.26 Å². The summed E-state index contributed by atoms with van der Waals surface area (Å²) in [5.41, 5.74) is 1.25. The number of amides is 1. The second kappa shape index (κ2) is 8.46. The topological polar surface area (TPSA) is 68.2 Å². The maximum absolute atomic E-state index is 12.5. The van der Waals surface area contributed by atoms with Gasteiger partial charge in [0, 0.05) is 30.9 Å². The smallest absolute Gasteiger partial charge is 0.241 e. The molecule has 5 nitrogen and oxygen atoms in total. The van der Waals surface area contributed by atoms with Gasteiger partial charge >= 0.3 is 0 Å². The van der Waals surface area contributed by atoms with E-state index in [-0.39, 0.29) is 11.9 Å². The van der Waals surface area contributed by atoms with Crippen LogP contribution in [0.3, 0.4) is 0 Å². The van der Waals surface area contributed by atoms with Crippen LogP contribution in [0.5, 0.6) is 0 Å². The van der Waals surface area contributed by atoms with Gasteiger partial charge in [-0.25, -0.2) is 0 Å². The number of piperidine rings is 1. The predicted octanol–water partition coefficient (Wildman–Crippen LogP) is 2.88. The highest BCUT2D eigenvalue weighted by molar-refractivity contribution is 5.94. The molecule has 134 valence electrons. The fourth-order valence-corrected chi connectivity index (χ4v) is 3.96. The van der Waals surface area contributed by atoms with Crippen molar-refractivity contribution in [1.29, 1.82) is 5.26 Å². The number of benzene rings is 1. The summed E-state index contributed by atoms with van der Waals surface area (Å²) < 4.78 is 0. The predicted molar refractivity (Wildman–Crippen MR) is 99.2 cm³/mol. The Balaban J connectivity index is 1.47. The Bertz CT molecular complexity index is 625. The highest BCUT2D eigenvalue weighted by atomic mass is 16.2. The summed E-state index contributed by atoms with van der Waals surface area (Å²) in [4.78, 5) is 14.8. The number of anilines is 1. The number of nitrogens with one attached hydrogen (secondary N) is 2. The van der Waals surface area contributed by atoms with Crippen LogP contribution in [0.2, 0.25) is 0 Å². The Morgan fingerprint density at radius 2 is 1.88 bits per heavy atom. The molecule has 0 aromatic heterocycles. The zero-order valence-corrected chi connectivity index (χ0v) is 15.0. The van der Waals surface area contributed by atoms with Gasteiger partial charge in [0.25, 0.3) is 0 Å². The van der Waals surface area contributed by atoms with Crippen LogP contribution in [-0.4, -0.2) is 42.0 Å². The molecule has 1 aromatic rings. The molecule has 2 aliphatic rings. The van der Waals surface area contributed by atoms with Crippen LogP contribution in [0, 0.1) is 11.3 Å². The molecule has 25 heavy (non-hydrogen) atoms. The molecule has 2 N–H and O–H groups in total. The van der Waals surface area contributed by atoms with Crippen molar-refractivity contribution in [3.05, 3.63) is 29.8 Å². The third-order valence-electron chi connectivity index (χ3n) is 5.54. The molecule has 1 amide bonds. The number of likely N-dealkylation sites (tertiary alicyclic amines) is 1. The molecule has 0 spiro atoms. The van der Waals surface area contributed by atoms with Gasteiger partial charge in [0.2, 0.25) is 5.91 Å². The van der Waals surface area contributed by atoms with E-state index in [1.165, 1.54) is 25.7 Å². The summed E-state index contributed by atoms with van der Waals surface area (Å²) in [6, 6.07) is 10.3. The SMILES string of the molecule is C[C@@H](C(=O)Nc1cccc(C#N)c1)N1CCC(NC2CCCC2)CC1. The lowest BCUT2D eigenvalue weighted by atomic mass is 10.0. The Morgan fingerprint density at radius 3 is 2.56 bits per heavy atom. The fraction of sp³-hybridized carbons (Fsp3) is 0.600. The minimum atomic E-state index is -0.154. The first-order valence-corrected chi connectivity index (χ1v) is 9.47. The average molecular weight is 340 g/mol. The van der Waals surface area contributed by atoms with Crippen molar-refractivity contribution < 1.29 is 4.79 Å².